The van der Waals surface area contributed by atoms with E-state index in [1.54, 1.807) is 30.3 Å². The van der Waals surface area contributed by atoms with E-state index in [-0.39, 0.29) is 12.1 Å². The number of aromatic nitrogens is 1. The molecule has 1 fully saturated rings. The SMILES string of the molecule is O=C(NCc1cc(-c2ccccc2F)no1)c1ccc(C#CC2CCCC2)c(F)c1. The first kappa shape index (κ1) is 19.8. The highest BCUT2D eigenvalue weighted by Gasteiger charge is 2.14. The zero-order valence-corrected chi connectivity index (χ0v) is 16.3. The Bertz CT molecular complexity index is 1120. The maximum atomic E-state index is 14.3. The Kier molecular flexibility index (Phi) is 5.89. The van der Waals surface area contributed by atoms with Gasteiger partial charge in [-0.05, 0) is 43.2 Å². The maximum absolute atomic E-state index is 14.3. The second-order valence-corrected chi connectivity index (χ2v) is 7.29. The molecule has 4 rings (SSSR count). The smallest absolute Gasteiger partial charge is 0.251 e. The van der Waals surface area contributed by atoms with Gasteiger partial charge in [0.2, 0.25) is 0 Å². The van der Waals surface area contributed by atoms with Crippen LogP contribution in [0.25, 0.3) is 11.3 Å². The summed E-state index contributed by atoms with van der Waals surface area (Å²) < 4.78 is 33.3. The van der Waals surface area contributed by atoms with Gasteiger partial charge in [0, 0.05) is 23.1 Å². The van der Waals surface area contributed by atoms with Crippen molar-refractivity contribution in [2.24, 2.45) is 5.92 Å². The predicted molar refractivity (Wildman–Crippen MR) is 108 cm³/mol. The Labute approximate surface area is 173 Å². The largest absolute Gasteiger partial charge is 0.359 e. The summed E-state index contributed by atoms with van der Waals surface area (Å²) in [6, 6.07) is 12.0. The molecule has 1 N–H and O–H groups in total. The molecule has 0 aliphatic heterocycles. The lowest BCUT2D eigenvalue weighted by molar-refractivity contribution is 0.0946. The molecule has 6 heteroatoms. The number of halogens is 2. The number of hydrogen-bond acceptors (Lipinski definition) is 3. The van der Waals surface area contributed by atoms with Crippen LogP contribution in [-0.4, -0.2) is 11.1 Å². The Balaban J connectivity index is 1.38. The first-order chi connectivity index (χ1) is 14.6. The number of carbonyl (C=O) groups excluding carboxylic acids is 1. The van der Waals surface area contributed by atoms with Crippen molar-refractivity contribution in [3.05, 3.63) is 77.1 Å². The van der Waals surface area contributed by atoms with Crippen LogP contribution in [-0.2, 0) is 6.54 Å². The minimum Gasteiger partial charge on any atom is -0.359 e. The number of amides is 1. The standard InChI is InChI=1S/C24H20F2N2O2/c25-21-8-4-3-7-20(21)23-14-19(30-28-23)15-27-24(29)18-12-11-17(22(26)13-18)10-9-16-5-1-2-6-16/h3-4,7-8,11-14,16H,1-2,5-6,15H2,(H,27,29). The van der Waals surface area contributed by atoms with Crippen molar-refractivity contribution in [1.29, 1.82) is 0 Å². The van der Waals surface area contributed by atoms with E-state index < -0.39 is 17.5 Å². The fourth-order valence-electron chi connectivity index (χ4n) is 3.47. The Hall–Kier alpha value is -3.46. The molecular weight excluding hydrogens is 386 g/mol. The Morgan fingerprint density at radius 2 is 1.90 bits per heavy atom. The molecule has 1 aliphatic rings. The zero-order chi connectivity index (χ0) is 20.9. The fourth-order valence-corrected chi connectivity index (χ4v) is 3.47. The minimum atomic E-state index is -0.519. The lowest BCUT2D eigenvalue weighted by Gasteiger charge is -2.04. The fraction of sp³-hybridized carbons (Fsp3) is 0.250. The molecule has 30 heavy (non-hydrogen) atoms. The number of benzene rings is 2. The van der Waals surface area contributed by atoms with E-state index in [9.17, 15) is 13.6 Å². The van der Waals surface area contributed by atoms with E-state index in [1.165, 1.54) is 31.0 Å². The van der Waals surface area contributed by atoms with Crippen LogP contribution in [0.1, 0.15) is 47.4 Å². The van der Waals surface area contributed by atoms with Crippen LogP contribution in [0.4, 0.5) is 8.78 Å². The van der Waals surface area contributed by atoms with Gasteiger partial charge in [-0.3, -0.25) is 4.79 Å². The summed E-state index contributed by atoms with van der Waals surface area (Å²) in [5.41, 5.74) is 1.14. The highest BCUT2D eigenvalue weighted by Crippen LogP contribution is 2.24. The van der Waals surface area contributed by atoms with Gasteiger partial charge in [0.05, 0.1) is 12.1 Å². The molecule has 3 aromatic rings. The van der Waals surface area contributed by atoms with Crippen LogP contribution < -0.4 is 5.32 Å². The summed E-state index contributed by atoms with van der Waals surface area (Å²) in [6.07, 6.45) is 4.48. The molecule has 4 nitrogen and oxygen atoms in total. The van der Waals surface area contributed by atoms with Crippen LogP contribution in [0, 0.1) is 29.4 Å². The highest BCUT2D eigenvalue weighted by atomic mass is 19.1. The monoisotopic (exact) mass is 406 g/mol. The summed E-state index contributed by atoms with van der Waals surface area (Å²) >= 11 is 0. The molecule has 1 heterocycles. The zero-order valence-electron chi connectivity index (χ0n) is 16.3. The third-order valence-corrected chi connectivity index (χ3v) is 5.13. The average Bonchev–Trinajstić information content (AvgIpc) is 3.43. The molecule has 1 aromatic heterocycles. The average molecular weight is 406 g/mol. The molecule has 1 saturated carbocycles. The van der Waals surface area contributed by atoms with Gasteiger partial charge in [0.15, 0.2) is 5.76 Å². The lowest BCUT2D eigenvalue weighted by Crippen LogP contribution is -2.22. The Morgan fingerprint density at radius 1 is 1.10 bits per heavy atom. The third-order valence-electron chi connectivity index (χ3n) is 5.13. The summed E-state index contributed by atoms with van der Waals surface area (Å²) in [5.74, 6) is 5.33. The van der Waals surface area contributed by atoms with Gasteiger partial charge in [-0.25, -0.2) is 8.78 Å². The van der Waals surface area contributed by atoms with Gasteiger partial charge in [-0.2, -0.15) is 0 Å². The maximum Gasteiger partial charge on any atom is 0.251 e. The molecule has 0 saturated heterocycles. The van der Waals surface area contributed by atoms with E-state index in [0.29, 0.717) is 28.5 Å². The van der Waals surface area contributed by atoms with Crippen molar-refractivity contribution in [3.8, 4) is 23.1 Å². The van der Waals surface area contributed by atoms with Crippen molar-refractivity contribution >= 4 is 5.91 Å². The number of hydrogen-bond donors (Lipinski definition) is 1. The van der Waals surface area contributed by atoms with Crippen molar-refractivity contribution < 1.29 is 18.1 Å². The van der Waals surface area contributed by atoms with E-state index in [2.05, 4.69) is 22.3 Å². The molecule has 0 spiro atoms. The van der Waals surface area contributed by atoms with Gasteiger partial charge < -0.3 is 9.84 Å². The number of nitrogens with one attached hydrogen (secondary N) is 1. The molecule has 1 amide bonds. The molecule has 0 atom stereocenters. The first-order valence-electron chi connectivity index (χ1n) is 9.90. The molecule has 0 bridgehead atoms. The second-order valence-electron chi connectivity index (χ2n) is 7.29. The molecule has 2 aromatic carbocycles. The van der Waals surface area contributed by atoms with Crippen LogP contribution in [0.15, 0.2) is 53.1 Å². The summed E-state index contributed by atoms with van der Waals surface area (Å²) in [7, 11) is 0. The topological polar surface area (TPSA) is 55.1 Å². The van der Waals surface area contributed by atoms with E-state index in [4.69, 9.17) is 4.52 Å². The predicted octanol–water partition coefficient (Wildman–Crippen LogP) is 5.09. The lowest BCUT2D eigenvalue weighted by atomic mass is 10.1. The Morgan fingerprint density at radius 3 is 2.67 bits per heavy atom. The second kappa shape index (κ2) is 8.91. The summed E-state index contributed by atoms with van der Waals surface area (Å²) in [4.78, 5) is 12.3. The molecule has 0 unspecified atom stereocenters. The van der Waals surface area contributed by atoms with E-state index in [0.717, 1.165) is 12.8 Å². The van der Waals surface area contributed by atoms with Crippen LogP contribution in [0.5, 0.6) is 0 Å². The molecule has 152 valence electrons. The number of rotatable bonds is 4. The van der Waals surface area contributed by atoms with Gasteiger partial charge in [-0.1, -0.05) is 42.0 Å². The normalized spacial score (nSPS) is 13.7. The quantitative estimate of drug-likeness (QED) is 0.614. The van der Waals surface area contributed by atoms with E-state index >= 15 is 0 Å². The van der Waals surface area contributed by atoms with Crippen LogP contribution >= 0.6 is 0 Å². The van der Waals surface area contributed by atoms with Gasteiger partial charge >= 0.3 is 0 Å². The van der Waals surface area contributed by atoms with Crippen LogP contribution in [0.2, 0.25) is 0 Å². The van der Waals surface area contributed by atoms with E-state index in [1.807, 2.05) is 0 Å². The number of carbonyl (C=O) groups is 1. The molecule has 1 aliphatic carbocycles. The van der Waals surface area contributed by atoms with Crippen molar-refractivity contribution in [3.63, 3.8) is 0 Å². The molecule has 0 radical (unpaired) electrons. The molecular formula is C24H20F2N2O2. The van der Waals surface area contributed by atoms with Gasteiger partial charge in [0.25, 0.3) is 5.91 Å². The first-order valence-corrected chi connectivity index (χ1v) is 9.90. The summed E-state index contributed by atoms with van der Waals surface area (Å²) in [6.45, 7) is 0.0468. The van der Waals surface area contributed by atoms with Crippen molar-refractivity contribution in [1.82, 2.24) is 10.5 Å². The summed E-state index contributed by atoms with van der Waals surface area (Å²) in [5, 5.41) is 6.48. The highest BCUT2D eigenvalue weighted by molar-refractivity contribution is 5.94. The van der Waals surface area contributed by atoms with Gasteiger partial charge in [0.1, 0.15) is 17.3 Å². The van der Waals surface area contributed by atoms with Gasteiger partial charge in [-0.15, -0.1) is 0 Å². The van der Waals surface area contributed by atoms with Crippen molar-refractivity contribution in [2.45, 2.75) is 32.2 Å². The van der Waals surface area contributed by atoms with Crippen LogP contribution in [0.3, 0.4) is 0 Å². The van der Waals surface area contributed by atoms with Crippen molar-refractivity contribution in [2.75, 3.05) is 0 Å². The number of nitrogens with zero attached hydrogens (tertiary/aromatic N) is 1. The third kappa shape index (κ3) is 4.57. The minimum absolute atomic E-state index is 0.0468.